The Hall–Kier alpha value is -1.59. The van der Waals surface area contributed by atoms with E-state index in [0.717, 1.165) is 5.56 Å². The van der Waals surface area contributed by atoms with Gasteiger partial charge in [0.15, 0.2) is 5.79 Å². The SMILES string of the molecule is CC(C)c1ccc([C@]2(C)OC[C@H](COC(N)=O)O2)cc1. The first kappa shape index (κ1) is 14.8. The standard InChI is InChI=1S/C15H21NO4/c1-10(2)11-4-6-12(7-5-11)15(3)19-9-13(20-15)8-18-14(16)17/h4-7,10,13H,8-9H2,1-3H3,(H2,16,17)/t13-,15+/m0/s1. The van der Waals surface area contributed by atoms with E-state index in [1.54, 1.807) is 0 Å². The van der Waals surface area contributed by atoms with E-state index in [4.69, 9.17) is 19.9 Å². The fraction of sp³-hybridized carbons (Fsp3) is 0.533. The molecule has 0 unspecified atom stereocenters. The molecular formula is C15H21NO4. The summed E-state index contributed by atoms with van der Waals surface area (Å²) in [6.07, 6.45) is -1.10. The maximum absolute atomic E-state index is 10.6. The monoisotopic (exact) mass is 279 g/mol. The first-order chi connectivity index (χ1) is 9.40. The largest absolute Gasteiger partial charge is 0.447 e. The number of hydrogen-bond acceptors (Lipinski definition) is 4. The molecule has 0 aromatic heterocycles. The molecular weight excluding hydrogens is 258 g/mol. The van der Waals surface area contributed by atoms with Crippen molar-refractivity contribution in [2.24, 2.45) is 5.73 Å². The molecule has 110 valence electrons. The van der Waals surface area contributed by atoms with E-state index in [0.29, 0.717) is 12.5 Å². The minimum atomic E-state index is -0.804. The quantitative estimate of drug-likeness (QED) is 0.919. The third kappa shape index (κ3) is 3.29. The second-order valence-electron chi connectivity index (χ2n) is 5.40. The first-order valence-corrected chi connectivity index (χ1v) is 6.75. The Morgan fingerprint density at radius 3 is 2.65 bits per heavy atom. The molecule has 2 N–H and O–H groups in total. The molecule has 1 amide bonds. The third-order valence-corrected chi connectivity index (χ3v) is 3.45. The van der Waals surface area contributed by atoms with Crippen LogP contribution in [0.4, 0.5) is 4.79 Å². The number of hydrogen-bond donors (Lipinski definition) is 1. The number of amides is 1. The van der Waals surface area contributed by atoms with Gasteiger partial charge in [-0.15, -0.1) is 0 Å². The van der Waals surface area contributed by atoms with Gasteiger partial charge in [0.25, 0.3) is 0 Å². The lowest BCUT2D eigenvalue weighted by atomic mass is 9.99. The van der Waals surface area contributed by atoms with E-state index in [1.807, 2.05) is 19.1 Å². The summed E-state index contributed by atoms with van der Waals surface area (Å²) >= 11 is 0. The molecule has 1 heterocycles. The van der Waals surface area contributed by atoms with Gasteiger partial charge in [-0.1, -0.05) is 38.1 Å². The Kier molecular flexibility index (Phi) is 4.30. The van der Waals surface area contributed by atoms with Crippen molar-refractivity contribution in [3.05, 3.63) is 35.4 Å². The highest BCUT2D eigenvalue weighted by atomic mass is 16.8. The number of ether oxygens (including phenoxy) is 3. The highest BCUT2D eigenvalue weighted by Gasteiger charge is 2.39. The molecule has 1 saturated heterocycles. The van der Waals surface area contributed by atoms with Crippen molar-refractivity contribution < 1.29 is 19.0 Å². The lowest BCUT2D eigenvalue weighted by molar-refractivity contribution is -0.165. The van der Waals surface area contributed by atoms with Gasteiger partial charge in [0.05, 0.1) is 6.61 Å². The normalized spacial score (nSPS) is 25.9. The number of carbonyl (C=O) groups is 1. The van der Waals surface area contributed by atoms with Gasteiger partial charge in [0.2, 0.25) is 0 Å². The summed E-state index contributed by atoms with van der Waals surface area (Å²) in [4.78, 5) is 10.6. The molecule has 2 rings (SSSR count). The van der Waals surface area contributed by atoms with E-state index < -0.39 is 11.9 Å². The van der Waals surface area contributed by atoms with Crippen LogP contribution >= 0.6 is 0 Å². The molecule has 1 aliphatic heterocycles. The number of carbonyl (C=O) groups excluding carboxylic acids is 1. The van der Waals surface area contributed by atoms with Crippen molar-refractivity contribution in [2.45, 2.75) is 38.6 Å². The molecule has 0 aliphatic carbocycles. The molecule has 0 radical (unpaired) electrons. The minimum absolute atomic E-state index is 0.106. The van der Waals surface area contributed by atoms with Crippen molar-refractivity contribution in [1.82, 2.24) is 0 Å². The molecule has 1 aromatic rings. The second-order valence-corrected chi connectivity index (χ2v) is 5.40. The minimum Gasteiger partial charge on any atom is -0.447 e. The molecule has 0 saturated carbocycles. The lowest BCUT2D eigenvalue weighted by Gasteiger charge is -2.24. The smallest absolute Gasteiger partial charge is 0.404 e. The zero-order valence-electron chi connectivity index (χ0n) is 12.1. The summed E-state index contributed by atoms with van der Waals surface area (Å²) in [5.74, 6) is -0.319. The number of nitrogens with two attached hydrogens (primary N) is 1. The Bertz CT molecular complexity index is 471. The molecule has 0 bridgehead atoms. The third-order valence-electron chi connectivity index (χ3n) is 3.45. The van der Waals surface area contributed by atoms with Gasteiger partial charge in [0, 0.05) is 5.56 Å². The van der Waals surface area contributed by atoms with Gasteiger partial charge in [0.1, 0.15) is 12.7 Å². The molecule has 1 fully saturated rings. The second kappa shape index (κ2) is 5.81. The molecule has 1 aliphatic rings. The fourth-order valence-corrected chi connectivity index (χ4v) is 2.22. The van der Waals surface area contributed by atoms with Crippen LogP contribution in [-0.2, 0) is 20.0 Å². The van der Waals surface area contributed by atoms with Gasteiger partial charge in [-0.25, -0.2) is 4.79 Å². The van der Waals surface area contributed by atoms with Crippen LogP contribution in [0.25, 0.3) is 0 Å². The van der Waals surface area contributed by atoms with Crippen molar-refractivity contribution in [3.8, 4) is 0 Å². The van der Waals surface area contributed by atoms with E-state index in [1.165, 1.54) is 5.56 Å². The molecule has 5 nitrogen and oxygen atoms in total. The summed E-state index contributed by atoms with van der Waals surface area (Å²) < 4.78 is 16.3. The molecule has 2 atom stereocenters. The van der Waals surface area contributed by atoms with Gasteiger partial charge >= 0.3 is 6.09 Å². The zero-order valence-corrected chi connectivity index (χ0v) is 12.1. The topological polar surface area (TPSA) is 70.8 Å². The highest BCUT2D eigenvalue weighted by molar-refractivity contribution is 5.64. The Balaban J connectivity index is 2.03. The van der Waals surface area contributed by atoms with Crippen molar-refractivity contribution in [2.75, 3.05) is 13.2 Å². The average Bonchev–Trinajstić information content (AvgIpc) is 2.80. The average molecular weight is 279 g/mol. The number of primary amides is 1. The predicted molar refractivity (Wildman–Crippen MR) is 74.2 cm³/mol. The Morgan fingerprint density at radius 1 is 1.45 bits per heavy atom. The van der Waals surface area contributed by atoms with Crippen LogP contribution in [-0.4, -0.2) is 25.4 Å². The lowest BCUT2D eigenvalue weighted by Crippen LogP contribution is -2.27. The van der Waals surface area contributed by atoms with E-state index >= 15 is 0 Å². The van der Waals surface area contributed by atoms with Crippen LogP contribution in [0.15, 0.2) is 24.3 Å². The van der Waals surface area contributed by atoms with E-state index in [-0.39, 0.29) is 12.7 Å². The van der Waals surface area contributed by atoms with Crippen LogP contribution in [0, 0.1) is 0 Å². The Morgan fingerprint density at radius 2 is 2.10 bits per heavy atom. The molecule has 0 spiro atoms. The number of benzene rings is 1. The fourth-order valence-electron chi connectivity index (χ4n) is 2.22. The van der Waals surface area contributed by atoms with Crippen molar-refractivity contribution in [3.63, 3.8) is 0 Å². The van der Waals surface area contributed by atoms with Crippen LogP contribution in [0.1, 0.15) is 37.8 Å². The summed E-state index contributed by atoms with van der Waals surface area (Å²) in [5.41, 5.74) is 7.15. The summed E-state index contributed by atoms with van der Waals surface area (Å²) in [7, 11) is 0. The Labute approximate surface area is 119 Å². The predicted octanol–water partition coefficient (Wildman–Crippen LogP) is 2.49. The van der Waals surface area contributed by atoms with Crippen LogP contribution in [0.2, 0.25) is 0 Å². The van der Waals surface area contributed by atoms with Crippen LogP contribution in [0.3, 0.4) is 0 Å². The zero-order chi connectivity index (χ0) is 14.8. The number of rotatable bonds is 4. The van der Waals surface area contributed by atoms with E-state index in [2.05, 4.69) is 26.0 Å². The highest BCUT2D eigenvalue weighted by Crippen LogP contribution is 2.34. The summed E-state index contributed by atoms with van der Waals surface area (Å²) in [5, 5.41) is 0. The first-order valence-electron chi connectivity index (χ1n) is 6.75. The molecule has 5 heteroatoms. The van der Waals surface area contributed by atoms with Gasteiger partial charge in [-0.2, -0.15) is 0 Å². The molecule has 1 aromatic carbocycles. The van der Waals surface area contributed by atoms with Crippen LogP contribution < -0.4 is 5.73 Å². The van der Waals surface area contributed by atoms with Gasteiger partial charge < -0.3 is 19.9 Å². The molecule has 20 heavy (non-hydrogen) atoms. The van der Waals surface area contributed by atoms with Crippen molar-refractivity contribution in [1.29, 1.82) is 0 Å². The summed E-state index contributed by atoms with van der Waals surface area (Å²) in [6.45, 7) is 6.64. The van der Waals surface area contributed by atoms with Gasteiger partial charge in [-0.05, 0) is 18.4 Å². The maximum Gasteiger partial charge on any atom is 0.404 e. The van der Waals surface area contributed by atoms with Gasteiger partial charge in [-0.3, -0.25) is 0 Å². The maximum atomic E-state index is 10.6. The van der Waals surface area contributed by atoms with Crippen LogP contribution in [0.5, 0.6) is 0 Å². The van der Waals surface area contributed by atoms with Crippen molar-refractivity contribution >= 4 is 6.09 Å². The van der Waals surface area contributed by atoms with E-state index in [9.17, 15) is 4.79 Å². The summed E-state index contributed by atoms with van der Waals surface area (Å²) in [6, 6.07) is 8.16.